The largest absolute Gasteiger partial charge is 0.356 e. The van der Waals surface area contributed by atoms with Gasteiger partial charge < -0.3 is 4.98 Å². The number of fused-ring (bicyclic) bond motifs is 1. The lowest BCUT2D eigenvalue weighted by atomic mass is 10.1. The lowest BCUT2D eigenvalue weighted by Crippen LogP contribution is -1.94. The molecule has 0 unspecified atom stereocenters. The smallest absolute Gasteiger partial charge is 0.166 e. The molecule has 0 bridgehead atoms. The van der Waals surface area contributed by atoms with Crippen molar-refractivity contribution in [2.45, 2.75) is 12.8 Å². The van der Waals surface area contributed by atoms with Crippen LogP contribution in [-0.2, 0) is 6.42 Å². The highest BCUT2D eigenvalue weighted by atomic mass is 35.5. The van der Waals surface area contributed by atoms with Gasteiger partial charge in [-0.15, -0.1) is 0 Å². The zero-order valence-corrected chi connectivity index (χ0v) is 7.19. The Kier molecular flexibility index (Phi) is 1.77. The molecule has 2 rings (SSSR count). The summed E-state index contributed by atoms with van der Waals surface area (Å²) >= 11 is 5.86. The summed E-state index contributed by atoms with van der Waals surface area (Å²) in [4.78, 5) is 13.5. The van der Waals surface area contributed by atoms with Crippen LogP contribution in [0.5, 0.6) is 0 Å². The van der Waals surface area contributed by atoms with Crippen molar-refractivity contribution in [3.05, 3.63) is 28.0 Å². The number of aromatic nitrogens is 1. The van der Waals surface area contributed by atoms with Gasteiger partial charge in [-0.2, -0.15) is 0 Å². The first kappa shape index (κ1) is 7.62. The van der Waals surface area contributed by atoms with Gasteiger partial charge in [-0.05, 0) is 30.5 Å². The Bertz CT molecular complexity index is 351. The van der Waals surface area contributed by atoms with E-state index in [2.05, 4.69) is 4.98 Å². The predicted molar refractivity (Wildman–Crippen MR) is 48.3 cm³/mol. The molecule has 0 atom stereocenters. The van der Waals surface area contributed by atoms with Crippen LogP contribution in [0.4, 0.5) is 0 Å². The fraction of sp³-hybridized carbons (Fsp3) is 0.222. The molecule has 1 heterocycles. The molecule has 0 aliphatic heterocycles. The van der Waals surface area contributed by atoms with Gasteiger partial charge >= 0.3 is 0 Å². The number of rotatable bonds is 1. The Morgan fingerprint density at radius 2 is 2.33 bits per heavy atom. The molecule has 0 radical (unpaired) electrons. The van der Waals surface area contributed by atoms with Crippen LogP contribution in [0.15, 0.2) is 11.1 Å². The van der Waals surface area contributed by atoms with E-state index in [4.69, 9.17) is 11.6 Å². The highest BCUT2D eigenvalue weighted by molar-refractivity contribution is 6.31. The zero-order chi connectivity index (χ0) is 8.55. The zero-order valence-electron chi connectivity index (χ0n) is 6.43. The molecule has 0 aromatic carbocycles. The van der Waals surface area contributed by atoms with Crippen molar-refractivity contribution < 1.29 is 4.79 Å². The minimum absolute atomic E-state index is 0.627. The van der Waals surface area contributed by atoms with Crippen LogP contribution >= 0.6 is 11.6 Å². The minimum atomic E-state index is 0.627. The van der Waals surface area contributed by atoms with Gasteiger partial charge in [0.2, 0.25) is 0 Å². The molecule has 1 N–H and O–H groups in total. The van der Waals surface area contributed by atoms with Gasteiger partial charge in [-0.1, -0.05) is 11.6 Å². The van der Waals surface area contributed by atoms with Crippen LogP contribution in [0, 0.1) is 0 Å². The van der Waals surface area contributed by atoms with Crippen molar-refractivity contribution in [3.8, 4) is 0 Å². The Morgan fingerprint density at radius 1 is 1.50 bits per heavy atom. The van der Waals surface area contributed by atoms with E-state index in [1.807, 2.05) is 12.1 Å². The number of aryl methyl sites for hydroxylation is 1. The van der Waals surface area contributed by atoms with Crippen molar-refractivity contribution in [2.75, 3.05) is 0 Å². The number of hydrogen-bond acceptors (Lipinski definition) is 1. The van der Waals surface area contributed by atoms with E-state index in [-0.39, 0.29) is 0 Å². The number of nitrogens with one attached hydrogen (secondary N) is 1. The van der Waals surface area contributed by atoms with Gasteiger partial charge in [0, 0.05) is 10.7 Å². The second kappa shape index (κ2) is 2.79. The van der Waals surface area contributed by atoms with Crippen LogP contribution in [0.1, 0.15) is 28.2 Å². The van der Waals surface area contributed by atoms with Gasteiger partial charge in [0.1, 0.15) is 0 Å². The van der Waals surface area contributed by atoms with Crippen LogP contribution < -0.4 is 0 Å². The van der Waals surface area contributed by atoms with Crippen LogP contribution in [-0.4, -0.2) is 11.3 Å². The number of aromatic amines is 1. The fourth-order valence-corrected chi connectivity index (χ4v) is 1.63. The maximum atomic E-state index is 10.4. The van der Waals surface area contributed by atoms with Gasteiger partial charge in [0.15, 0.2) is 6.29 Å². The molecule has 1 aromatic rings. The standard InChI is InChI=1S/C9H8ClNO/c10-7-1-2-9-6(3-7)4-8(5-12)11-9/h3-5,11H,1-2H2. The lowest BCUT2D eigenvalue weighted by molar-refractivity contribution is 0.111. The number of aldehydes is 1. The second-order valence-electron chi connectivity index (χ2n) is 2.87. The molecule has 1 aliphatic rings. The van der Waals surface area contributed by atoms with Crippen molar-refractivity contribution in [1.29, 1.82) is 0 Å². The van der Waals surface area contributed by atoms with Crippen LogP contribution in [0.25, 0.3) is 6.08 Å². The van der Waals surface area contributed by atoms with Gasteiger partial charge in [-0.25, -0.2) is 0 Å². The molecule has 1 aliphatic carbocycles. The Balaban J connectivity index is 2.48. The van der Waals surface area contributed by atoms with Crippen molar-refractivity contribution >= 4 is 24.0 Å². The first-order valence-electron chi connectivity index (χ1n) is 3.83. The minimum Gasteiger partial charge on any atom is -0.356 e. The molecule has 0 spiro atoms. The summed E-state index contributed by atoms with van der Waals surface area (Å²) in [6.45, 7) is 0. The number of allylic oxidation sites excluding steroid dienone is 1. The maximum Gasteiger partial charge on any atom is 0.166 e. The summed E-state index contributed by atoms with van der Waals surface area (Å²) in [5.74, 6) is 0. The molecule has 1 aromatic heterocycles. The highest BCUT2D eigenvalue weighted by Gasteiger charge is 2.11. The first-order valence-corrected chi connectivity index (χ1v) is 4.20. The summed E-state index contributed by atoms with van der Waals surface area (Å²) in [7, 11) is 0. The van der Waals surface area contributed by atoms with E-state index in [0.717, 1.165) is 35.4 Å². The average Bonchev–Trinajstić information content (AvgIpc) is 2.46. The first-order chi connectivity index (χ1) is 5.79. The molecule has 0 saturated heterocycles. The van der Waals surface area contributed by atoms with Crippen LogP contribution in [0.2, 0.25) is 0 Å². The summed E-state index contributed by atoms with van der Waals surface area (Å²) in [6.07, 6.45) is 4.50. The summed E-state index contributed by atoms with van der Waals surface area (Å²) < 4.78 is 0. The highest BCUT2D eigenvalue weighted by Crippen LogP contribution is 2.25. The van der Waals surface area contributed by atoms with Crippen molar-refractivity contribution in [1.82, 2.24) is 4.98 Å². The second-order valence-corrected chi connectivity index (χ2v) is 3.35. The summed E-state index contributed by atoms with van der Waals surface area (Å²) in [5, 5.41) is 0.860. The molecule has 2 nitrogen and oxygen atoms in total. The third-order valence-corrected chi connectivity index (χ3v) is 2.31. The molecule has 12 heavy (non-hydrogen) atoms. The number of carbonyl (C=O) groups excluding carboxylic acids is 1. The predicted octanol–water partition coefficient (Wildman–Crippen LogP) is 2.35. The SMILES string of the molecule is O=Cc1cc2c([nH]1)CCC(Cl)=C2. The van der Waals surface area contributed by atoms with E-state index in [1.54, 1.807) is 0 Å². The third kappa shape index (κ3) is 1.18. The Labute approximate surface area is 75.2 Å². The quantitative estimate of drug-likeness (QED) is 0.663. The van der Waals surface area contributed by atoms with E-state index in [1.165, 1.54) is 0 Å². The van der Waals surface area contributed by atoms with Gasteiger partial charge in [-0.3, -0.25) is 4.79 Å². The number of hydrogen-bond donors (Lipinski definition) is 1. The van der Waals surface area contributed by atoms with E-state index < -0.39 is 0 Å². The van der Waals surface area contributed by atoms with Crippen LogP contribution in [0.3, 0.4) is 0 Å². The molecule has 0 amide bonds. The topological polar surface area (TPSA) is 32.9 Å². The Hall–Kier alpha value is -1.02. The third-order valence-electron chi connectivity index (χ3n) is 2.01. The number of carbonyl (C=O) groups is 1. The fourth-order valence-electron chi connectivity index (χ4n) is 1.42. The number of H-pyrrole nitrogens is 1. The summed E-state index contributed by atoms with van der Waals surface area (Å²) in [6, 6.07) is 1.82. The number of halogens is 1. The van der Waals surface area contributed by atoms with Gasteiger partial charge in [0.25, 0.3) is 0 Å². The molecule has 62 valence electrons. The van der Waals surface area contributed by atoms with E-state index in [9.17, 15) is 4.79 Å². The lowest BCUT2D eigenvalue weighted by Gasteiger charge is -2.06. The maximum absolute atomic E-state index is 10.4. The van der Waals surface area contributed by atoms with E-state index in [0.29, 0.717) is 5.69 Å². The Morgan fingerprint density at radius 3 is 3.08 bits per heavy atom. The molecule has 3 heteroatoms. The van der Waals surface area contributed by atoms with E-state index >= 15 is 0 Å². The van der Waals surface area contributed by atoms with Gasteiger partial charge in [0.05, 0.1) is 5.69 Å². The summed E-state index contributed by atoms with van der Waals surface area (Å²) in [5.41, 5.74) is 2.79. The molecule has 0 saturated carbocycles. The van der Waals surface area contributed by atoms with Crippen molar-refractivity contribution in [2.24, 2.45) is 0 Å². The molecule has 0 fully saturated rings. The average molecular weight is 182 g/mol. The monoisotopic (exact) mass is 181 g/mol. The normalized spacial score (nSPS) is 15.2. The molecular weight excluding hydrogens is 174 g/mol. The molecular formula is C9H8ClNO. The van der Waals surface area contributed by atoms with Crippen molar-refractivity contribution in [3.63, 3.8) is 0 Å².